The quantitative estimate of drug-likeness (QED) is 0.265. The van der Waals surface area contributed by atoms with Crippen molar-refractivity contribution < 1.29 is 33.3 Å². The van der Waals surface area contributed by atoms with E-state index in [1.165, 1.54) is 18.4 Å². The highest BCUT2D eigenvalue weighted by Crippen LogP contribution is 2.46. The third kappa shape index (κ3) is 7.32. The molecule has 3 aromatic rings. The van der Waals surface area contributed by atoms with Crippen LogP contribution in [0, 0.1) is 12.8 Å². The number of rotatable bonds is 11. The number of benzene rings is 2. The van der Waals surface area contributed by atoms with E-state index < -0.39 is 18.0 Å². The minimum absolute atomic E-state index is 0.0381. The number of anilines is 1. The fraction of sp³-hybridized carbons (Fsp3) is 0.387. The van der Waals surface area contributed by atoms with E-state index >= 15 is 0 Å². The van der Waals surface area contributed by atoms with Crippen LogP contribution in [0.25, 0.3) is 10.4 Å². The van der Waals surface area contributed by atoms with E-state index in [2.05, 4.69) is 21.2 Å². The van der Waals surface area contributed by atoms with Crippen molar-refractivity contribution in [3.05, 3.63) is 63.4 Å². The van der Waals surface area contributed by atoms with Crippen LogP contribution in [0.1, 0.15) is 35.0 Å². The summed E-state index contributed by atoms with van der Waals surface area (Å²) in [6.45, 7) is 5.18. The Morgan fingerprint density at radius 2 is 1.86 bits per heavy atom. The third-order valence-corrected chi connectivity index (χ3v) is 9.26. The zero-order chi connectivity index (χ0) is 30.2. The number of amides is 1. The van der Waals surface area contributed by atoms with Crippen LogP contribution >= 0.6 is 27.3 Å². The van der Waals surface area contributed by atoms with E-state index in [-0.39, 0.29) is 35.7 Å². The fourth-order valence-corrected chi connectivity index (χ4v) is 6.84. The lowest BCUT2D eigenvalue weighted by Crippen LogP contribution is -2.47. The molecule has 11 heteroatoms. The largest absolute Gasteiger partial charge is 0.480 e. The Morgan fingerprint density at radius 1 is 1.12 bits per heavy atom. The number of hydrogen-bond donors (Lipinski definition) is 1. The molecule has 4 rings (SSSR count). The van der Waals surface area contributed by atoms with Gasteiger partial charge in [0.05, 0.1) is 23.1 Å². The first-order valence-corrected chi connectivity index (χ1v) is 15.4. The molecule has 9 nitrogen and oxygen atoms in total. The molecule has 0 aliphatic carbocycles. The molecule has 1 aromatic heterocycles. The smallest absolute Gasteiger partial charge is 0.351 e. The maximum Gasteiger partial charge on any atom is 0.351 e. The molecule has 2 heterocycles. The summed E-state index contributed by atoms with van der Waals surface area (Å²) in [5.74, 6) is -0.486. The van der Waals surface area contributed by atoms with Crippen molar-refractivity contribution in [1.29, 1.82) is 0 Å². The van der Waals surface area contributed by atoms with Gasteiger partial charge >= 0.3 is 11.9 Å². The SMILES string of the molecule is CCOC(=O)COc1c(C(=O)OC)sc(-c2cccc(OC(C(=O)N(C)c3ccccc3C)C3CCNCC3)c2)c1Br. The van der Waals surface area contributed by atoms with E-state index in [1.54, 1.807) is 18.9 Å². The Bertz CT molecular complexity index is 1420. The van der Waals surface area contributed by atoms with Gasteiger partial charge in [0.15, 0.2) is 23.3 Å². The van der Waals surface area contributed by atoms with Gasteiger partial charge in [0.2, 0.25) is 0 Å². The number of para-hydroxylation sites is 1. The summed E-state index contributed by atoms with van der Waals surface area (Å²) in [6.07, 6.45) is 0.947. The van der Waals surface area contributed by atoms with Gasteiger partial charge in [-0.1, -0.05) is 30.3 Å². The first kappa shape index (κ1) is 31.5. The van der Waals surface area contributed by atoms with Gasteiger partial charge in [-0.2, -0.15) is 0 Å². The second kappa shape index (κ2) is 14.7. The first-order chi connectivity index (χ1) is 20.2. The van der Waals surface area contributed by atoms with Gasteiger partial charge in [-0.25, -0.2) is 9.59 Å². The van der Waals surface area contributed by atoms with Crippen molar-refractivity contribution in [2.45, 2.75) is 32.8 Å². The van der Waals surface area contributed by atoms with Crippen LogP contribution in [-0.2, 0) is 19.1 Å². The van der Waals surface area contributed by atoms with Crippen LogP contribution in [0.15, 0.2) is 53.0 Å². The van der Waals surface area contributed by atoms with Crippen molar-refractivity contribution in [2.24, 2.45) is 5.92 Å². The molecular weight excluding hydrogens is 624 g/mol. The van der Waals surface area contributed by atoms with Gasteiger partial charge in [0, 0.05) is 18.7 Å². The number of halogens is 1. The van der Waals surface area contributed by atoms with Crippen LogP contribution in [0.4, 0.5) is 5.69 Å². The Balaban J connectivity index is 1.65. The third-order valence-electron chi connectivity index (χ3n) is 7.04. The number of carbonyl (C=O) groups excluding carboxylic acids is 3. The first-order valence-electron chi connectivity index (χ1n) is 13.7. The number of thiophene rings is 1. The molecule has 1 fully saturated rings. The molecular formula is C31H35BrN2O7S. The molecule has 1 aliphatic heterocycles. The van der Waals surface area contributed by atoms with Gasteiger partial charge < -0.3 is 29.2 Å². The van der Waals surface area contributed by atoms with Crippen molar-refractivity contribution in [2.75, 3.05) is 45.4 Å². The van der Waals surface area contributed by atoms with Crippen molar-refractivity contribution in [3.8, 4) is 21.9 Å². The second-order valence-electron chi connectivity index (χ2n) is 9.83. The molecule has 1 unspecified atom stereocenters. The average Bonchev–Trinajstić information content (AvgIpc) is 3.34. The summed E-state index contributed by atoms with van der Waals surface area (Å²) >= 11 is 4.72. The average molecular weight is 660 g/mol. The van der Waals surface area contributed by atoms with E-state index in [9.17, 15) is 14.4 Å². The predicted octanol–water partition coefficient (Wildman–Crippen LogP) is 5.62. The zero-order valence-corrected chi connectivity index (χ0v) is 26.5. The van der Waals surface area contributed by atoms with Gasteiger partial charge in [-0.15, -0.1) is 11.3 Å². The number of likely N-dealkylation sites (N-methyl/N-ethyl adjacent to an activating group) is 1. The molecule has 1 aliphatic rings. The minimum atomic E-state index is -0.687. The second-order valence-corrected chi connectivity index (χ2v) is 11.6. The van der Waals surface area contributed by atoms with Crippen molar-refractivity contribution in [3.63, 3.8) is 0 Å². The lowest BCUT2D eigenvalue weighted by Gasteiger charge is -2.33. The van der Waals surface area contributed by atoms with Gasteiger partial charge in [0.25, 0.3) is 5.91 Å². The summed E-state index contributed by atoms with van der Waals surface area (Å²) in [5.41, 5.74) is 2.58. The van der Waals surface area contributed by atoms with Gasteiger partial charge in [-0.05, 0) is 85.0 Å². The Morgan fingerprint density at radius 3 is 2.55 bits per heavy atom. The Kier molecular flexibility index (Phi) is 11.0. The van der Waals surface area contributed by atoms with Gasteiger partial charge in [0.1, 0.15) is 5.75 Å². The number of piperidine rings is 1. The summed E-state index contributed by atoms with van der Waals surface area (Å²) in [7, 11) is 3.07. The van der Waals surface area contributed by atoms with Crippen LogP contribution in [-0.4, -0.2) is 64.4 Å². The van der Waals surface area contributed by atoms with Crippen LogP contribution in [0.5, 0.6) is 11.5 Å². The maximum atomic E-state index is 13.9. The maximum absolute atomic E-state index is 13.9. The number of methoxy groups -OCH3 is 1. The highest BCUT2D eigenvalue weighted by atomic mass is 79.9. The summed E-state index contributed by atoms with van der Waals surface area (Å²) in [5, 5.41) is 3.36. The number of esters is 2. The monoisotopic (exact) mass is 658 g/mol. The summed E-state index contributed by atoms with van der Waals surface area (Å²) in [4.78, 5) is 41.0. The Hall–Kier alpha value is -3.41. The standard InChI is InChI=1S/C31H35BrN2O7S/c1-5-39-24(35)18-40-27-25(32)28(42-29(27)31(37)38-4)21-10-8-11-22(17-21)41-26(20-13-15-33-16-14-20)30(36)34(3)23-12-7-6-9-19(23)2/h6-12,17,20,26,33H,5,13-16,18H2,1-4H3. The molecule has 42 heavy (non-hydrogen) atoms. The lowest BCUT2D eigenvalue weighted by molar-refractivity contribution is -0.145. The number of nitrogens with zero attached hydrogens (tertiary/aromatic N) is 1. The van der Waals surface area contributed by atoms with Gasteiger partial charge in [-0.3, -0.25) is 4.79 Å². The van der Waals surface area contributed by atoms with E-state index in [0.717, 1.165) is 42.7 Å². The highest BCUT2D eigenvalue weighted by Gasteiger charge is 2.34. The van der Waals surface area contributed by atoms with Crippen LogP contribution in [0.2, 0.25) is 0 Å². The number of carbonyl (C=O) groups is 3. The molecule has 0 bridgehead atoms. The molecule has 224 valence electrons. The Labute approximate surface area is 258 Å². The molecule has 0 spiro atoms. The molecule has 1 amide bonds. The van der Waals surface area contributed by atoms with Crippen molar-refractivity contribution >= 4 is 50.8 Å². The number of ether oxygens (including phenoxy) is 4. The van der Waals surface area contributed by atoms with E-state index in [0.29, 0.717) is 15.1 Å². The lowest BCUT2D eigenvalue weighted by atomic mass is 9.91. The molecule has 1 atom stereocenters. The zero-order valence-electron chi connectivity index (χ0n) is 24.1. The van der Waals surface area contributed by atoms with E-state index in [1.807, 2.05) is 55.5 Å². The topological polar surface area (TPSA) is 103 Å². The van der Waals surface area contributed by atoms with Crippen molar-refractivity contribution in [1.82, 2.24) is 5.32 Å². The minimum Gasteiger partial charge on any atom is -0.480 e. The fourth-order valence-electron chi connectivity index (χ4n) is 4.87. The predicted molar refractivity (Wildman–Crippen MR) is 166 cm³/mol. The molecule has 2 aromatic carbocycles. The number of aryl methyl sites for hydroxylation is 1. The molecule has 1 N–H and O–H groups in total. The number of nitrogens with one attached hydrogen (secondary N) is 1. The molecule has 0 saturated carbocycles. The normalized spacial score (nSPS) is 14.1. The van der Waals surface area contributed by atoms with E-state index in [4.69, 9.17) is 18.9 Å². The summed E-state index contributed by atoms with van der Waals surface area (Å²) < 4.78 is 22.6. The molecule has 0 radical (unpaired) electrons. The number of hydrogen-bond acceptors (Lipinski definition) is 9. The summed E-state index contributed by atoms with van der Waals surface area (Å²) in [6, 6.07) is 15.1. The molecule has 1 saturated heterocycles. The van der Waals surface area contributed by atoms with Crippen LogP contribution < -0.4 is 19.7 Å². The highest BCUT2D eigenvalue weighted by molar-refractivity contribution is 9.10. The van der Waals surface area contributed by atoms with Crippen LogP contribution in [0.3, 0.4) is 0 Å².